The molecule has 1 rings (SSSR count). The van der Waals surface area contributed by atoms with Gasteiger partial charge in [-0.3, -0.25) is 4.79 Å². The van der Waals surface area contributed by atoms with Crippen LogP contribution in [0.1, 0.15) is 42.1 Å². The molecule has 0 bridgehead atoms. The van der Waals surface area contributed by atoms with Gasteiger partial charge in [-0.25, -0.2) is 0 Å². The predicted molar refractivity (Wildman–Crippen MR) is 61.4 cm³/mol. The second-order valence-electron chi connectivity index (χ2n) is 3.94. The molecule has 0 radical (unpaired) electrons. The van der Waals surface area contributed by atoms with Crippen LogP contribution >= 0.6 is 0 Å². The van der Waals surface area contributed by atoms with Crippen LogP contribution in [0.3, 0.4) is 0 Å². The number of Topliss-reactive ketones (excluding diaryl/α,β-unsaturated/α-hetero) is 1. The van der Waals surface area contributed by atoms with Gasteiger partial charge in [0.2, 0.25) is 0 Å². The molecule has 0 saturated carbocycles. The Labute approximate surface area is 91.3 Å². The quantitative estimate of drug-likeness (QED) is 0.692. The van der Waals surface area contributed by atoms with Crippen molar-refractivity contribution in [3.8, 4) is 0 Å². The van der Waals surface area contributed by atoms with E-state index in [0.717, 1.165) is 5.56 Å². The summed E-state index contributed by atoms with van der Waals surface area (Å²) in [4.78, 5) is 11.6. The van der Waals surface area contributed by atoms with Gasteiger partial charge in [0, 0.05) is 19.1 Å². The molecule has 2 heteroatoms. The molecule has 2 nitrogen and oxygen atoms in total. The Kier molecular flexibility index (Phi) is 4.50. The fourth-order valence-corrected chi connectivity index (χ4v) is 1.39. The van der Waals surface area contributed by atoms with Crippen molar-refractivity contribution in [2.24, 2.45) is 0 Å². The first-order chi connectivity index (χ1) is 7.15. The Morgan fingerprint density at radius 1 is 1.27 bits per heavy atom. The monoisotopic (exact) mass is 206 g/mol. The number of ketones is 1. The summed E-state index contributed by atoms with van der Waals surface area (Å²) in [7, 11) is 1.61. The van der Waals surface area contributed by atoms with Gasteiger partial charge >= 0.3 is 0 Å². The zero-order valence-electron chi connectivity index (χ0n) is 9.62. The van der Waals surface area contributed by atoms with Crippen LogP contribution in [0.25, 0.3) is 0 Å². The lowest BCUT2D eigenvalue weighted by Gasteiger charge is -2.06. The van der Waals surface area contributed by atoms with Gasteiger partial charge in [-0.2, -0.15) is 0 Å². The van der Waals surface area contributed by atoms with Crippen molar-refractivity contribution < 1.29 is 9.53 Å². The van der Waals surface area contributed by atoms with Crippen molar-refractivity contribution in [2.45, 2.75) is 26.2 Å². The molecule has 0 heterocycles. The molecule has 1 aromatic carbocycles. The molecular formula is C13H18O2. The zero-order valence-corrected chi connectivity index (χ0v) is 9.62. The SMILES string of the molecule is COCCC(=O)c1ccc(C(C)C)cc1. The van der Waals surface area contributed by atoms with Gasteiger partial charge in [-0.1, -0.05) is 38.1 Å². The van der Waals surface area contributed by atoms with Gasteiger partial charge in [0.05, 0.1) is 6.61 Å². The van der Waals surface area contributed by atoms with Crippen LogP contribution in [0.15, 0.2) is 24.3 Å². The molecule has 0 atom stereocenters. The number of hydrogen-bond donors (Lipinski definition) is 0. The summed E-state index contributed by atoms with van der Waals surface area (Å²) in [5.74, 6) is 0.653. The summed E-state index contributed by atoms with van der Waals surface area (Å²) in [6.45, 7) is 4.77. The normalized spacial score (nSPS) is 10.7. The highest BCUT2D eigenvalue weighted by molar-refractivity contribution is 5.96. The van der Waals surface area contributed by atoms with E-state index in [0.29, 0.717) is 18.9 Å². The molecule has 0 aliphatic carbocycles. The Hall–Kier alpha value is -1.15. The van der Waals surface area contributed by atoms with Crippen LogP contribution in [-0.4, -0.2) is 19.5 Å². The molecule has 0 N–H and O–H groups in total. The third kappa shape index (κ3) is 3.48. The number of benzene rings is 1. The van der Waals surface area contributed by atoms with E-state index in [2.05, 4.69) is 13.8 Å². The van der Waals surface area contributed by atoms with Gasteiger partial charge in [0.1, 0.15) is 0 Å². The van der Waals surface area contributed by atoms with Gasteiger partial charge in [0.25, 0.3) is 0 Å². The summed E-state index contributed by atoms with van der Waals surface area (Å²) in [5, 5.41) is 0. The number of rotatable bonds is 5. The Morgan fingerprint density at radius 2 is 1.87 bits per heavy atom. The number of carbonyl (C=O) groups is 1. The van der Waals surface area contributed by atoms with E-state index in [-0.39, 0.29) is 5.78 Å². The maximum Gasteiger partial charge on any atom is 0.165 e. The van der Waals surface area contributed by atoms with Crippen molar-refractivity contribution in [3.63, 3.8) is 0 Å². The van der Waals surface area contributed by atoms with E-state index < -0.39 is 0 Å². The number of hydrogen-bond acceptors (Lipinski definition) is 2. The van der Waals surface area contributed by atoms with Crippen LogP contribution in [0, 0.1) is 0 Å². The molecule has 0 spiro atoms. The van der Waals surface area contributed by atoms with Crippen LogP contribution in [-0.2, 0) is 4.74 Å². The highest BCUT2D eigenvalue weighted by Gasteiger charge is 2.05. The number of carbonyl (C=O) groups excluding carboxylic acids is 1. The third-order valence-corrected chi connectivity index (χ3v) is 2.43. The van der Waals surface area contributed by atoms with E-state index in [4.69, 9.17) is 4.74 Å². The molecular weight excluding hydrogens is 188 g/mol. The van der Waals surface area contributed by atoms with Crippen LogP contribution in [0.5, 0.6) is 0 Å². The van der Waals surface area contributed by atoms with Crippen LogP contribution in [0.4, 0.5) is 0 Å². The molecule has 0 aliphatic heterocycles. The van der Waals surface area contributed by atoms with E-state index >= 15 is 0 Å². The van der Waals surface area contributed by atoms with Crippen molar-refractivity contribution in [2.75, 3.05) is 13.7 Å². The highest BCUT2D eigenvalue weighted by Crippen LogP contribution is 2.15. The standard InChI is InChI=1S/C13H18O2/c1-10(2)11-4-6-12(7-5-11)13(14)8-9-15-3/h4-7,10H,8-9H2,1-3H3. The summed E-state index contributed by atoms with van der Waals surface area (Å²) in [5.41, 5.74) is 2.04. The van der Waals surface area contributed by atoms with Gasteiger partial charge in [-0.05, 0) is 11.5 Å². The molecule has 82 valence electrons. The fraction of sp³-hybridized carbons (Fsp3) is 0.462. The summed E-state index contributed by atoms with van der Waals surface area (Å²) >= 11 is 0. The van der Waals surface area contributed by atoms with Crippen molar-refractivity contribution in [3.05, 3.63) is 35.4 Å². The fourth-order valence-electron chi connectivity index (χ4n) is 1.39. The molecule has 0 aliphatic rings. The predicted octanol–water partition coefficient (Wildman–Crippen LogP) is 3.03. The van der Waals surface area contributed by atoms with Crippen LogP contribution < -0.4 is 0 Å². The smallest absolute Gasteiger partial charge is 0.165 e. The first-order valence-electron chi connectivity index (χ1n) is 5.27. The lowest BCUT2D eigenvalue weighted by molar-refractivity contribution is 0.0932. The minimum Gasteiger partial charge on any atom is -0.384 e. The minimum atomic E-state index is 0.146. The lowest BCUT2D eigenvalue weighted by atomic mass is 10.00. The largest absolute Gasteiger partial charge is 0.384 e. The average Bonchev–Trinajstić information content (AvgIpc) is 2.26. The molecule has 1 aromatic rings. The number of ether oxygens (including phenoxy) is 1. The highest BCUT2D eigenvalue weighted by atomic mass is 16.5. The topological polar surface area (TPSA) is 26.3 Å². The maximum atomic E-state index is 11.6. The maximum absolute atomic E-state index is 11.6. The molecule has 0 saturated heterocycles. The Morgan fingerprint density at radius 3 is 2.33 bits per heavy atom. The van der Waals surface area contributed by atoms with Gasteiger partial charge in [-0.15, -0.1) is 0 Å². The van der Waals surface area contributed by atoms with E-state index in [9.17, 15) is 4.79 Å². The van der Waals surface area contributed by atoms with Crippen molar-refractivity contribution in [1.29, 1.82) is 0 Å². The zero-order chi connectivity index (χ0) is 11.3. The average molecular weight is 206 g/mol. The second kappa shape index (κ2) is 5.66. The Bertz CT molecular complexity index is 312. The molecule has 0 aromatic heterocycles. The first kappa shape index (κ1) is 11.9. The van der Waals surface area contributed by atoms with Gasteiger partial charge in [0.15, 0.2) is 5.78 Å². The van der Waals surface area contributed by atoms with Gasteiger partial charge < -0.3 is 4.74 Å². The van der Waals surface area contributed by atoms with E-state index in [1.807, 2.05) is 24.3 Å². The van der Waals surface area contributed by atoms with Crippen molar-refractivity contribution in [1.82, 2.24) is 0 Å². The molecule has 15 heavy (non-hydrogen) atoms. The lowest BCUT2D eigenvalue weighted by Crippen LogP contribution is -2.03. The number of methoxy groups -OCH3 is 1. The summed E-state index contributed by atoms with van der Waals surface area (Å²) in [6, 6.07) is 7.83. The molecule has 0 fully saturated rings. The summed E-state index contributed by atoms with van der Waals surface area (Å²) in [6.07, 6.45) is 0.456. The van der Waals surface area contributed by atoms with E-state index in [1.165, 1.54) is 5.56 Å². The Balaban J connectivity index is 2.67. The molecule has 0 amide bonds. The first-order valence-corrected chi connectivity index (χ1v) is 5.27. The molecule has 0 unspecified atom stereocenters. The summed E-state index contributed by atoms with van der Waals surface area (Å²) < 4.78 is 4.88. The second-order valence-corrected chi connectivity index (χ2v) is 3.94. The van der Waals surface area contributed by atoms with E-state index in [1.54, 1.807) is 7.11 Å². The van der Waals surface area contributed by atoms with Crippen molar-refractivity contribution >= 4 is 5.78 Å². The third-order valence-electron chi connectivity index (χ3n) is 2.43. The van der Waals surface area contributed by atoms with Crippen LogP contribution in [0.2, 0.25) is 0 Å². The minimum absolute atomic E-state index is 0.146.